The van der Waals surface area contributed by atoms with Gasteiger partial charge in [-0.2, -0.15) is 0 Å². The van der Waals surface area contributed by atoms with Gasteiger partial charge in [-0.25, -0.2) is 0 Å². The van der Waals surface area contributed by atoms with E-state index >= 15 is 0 Å². The zero-order chi connectivity index (χ0) is 25.4. The van der Waals surface area contributed by atoms with E-state index in [2.05, 4.69) is 135 Å². The quantitative estimate of drug-likeness (QED) is 0.253. The number of rotatable bonds is 4. The fraction of sp³-hybridized carbons (Fsp3) is 1.00. The fourth-order valence-corrected chi connectivity index (χ4v) is 62.4. The molecule has 0 nitrogen and oxygen atoms in total. The molecule has 0 aromatic heterocycles. The van der Waals surface area contributed by atoms with Gasteiger partial charge in [-0.3, -0.25) is 0 Å². The third-order valence-electron chi connectivity index (χ3n) is 8.75. The molecule has 0 N–H and O–H groups in total. The Morgan fingerprint density at radius 3 is 0.467 bits per heavy atom. The summed E-state index contributed by atoms with van der Waals surface area (Å²) in [5, 5.41) is 2.23. The Morgan fingerprint density at radius 1 is 0.300 bits per heavy atom. The first-order valence-electron chi connectivity index (χ1n) is 12.0. The zero-order valence-corrected chi connectivity index (χ0v) is 31.0. The molecule has 0 unspecified atom stereocenters. The molecule has 0 rings (SSSR count). The second-order valence-corrected chi connectivity index (χ2v) is 56.2. The van der Waals surface area contributed by atoms with Gasteiger partial charge in [0.25, 0.3) is 0 Å². The summed E-state index contributed by atoms with van der Waals surface area (Å²) in [7, 11) is -1.71. The lowest BCUT2D eigenvalue weighted by Crippen LogP contribution is -2.42. The Balaban J connectivity index is 0. The van der Waals surface area contributed by atoms with Gasteiger partial charge in [0.1, 0.15) is 0 Å². The molecule has 0 amide bonds. The molecule has 0 aliphatic heterocycles. The van der Waals surface area contributed by atoms with E-state index in [1.165, 1.54) is 15.4 Å². The fourth-order valence-electron chi connectivity index (χ4n) is 2.31. The van der Waals surface area contributed by atoms with Crippen molar-refractivity contribution in [1.29, 1.82) is 0 Å². The topological polar surface area (TPSA) is 0 Å². The van der Waals surface area contributed by atoms with Crippen molar-refractivity contribution in [2.45, 2.75) is 156 Å². The molecular formula is C24H62P2Si4. The van der Waals surface area contributed by atoms with E-state index in [0.717, 1.165) is 0 Å². The van der Waals surface area contributed by atoms with Crippen molar-refractivity contribution in [3.63, 3.8) is 0 Å². The minimum Gasteiger partial charge on any atom is -0.143 e. The van der Waals surface area contributed by atoms with Crippen LogP contribution in [0.3, 0.4) is 0 Å². The van der Waals surface area contributed by atoms with Crippen molar-refractivity contribution in [2.75, 3.05) is 0 Å². The van der Waals surface area contributed by atoms with Crippen molar-refractivity contribution in [1.82, 2.24) is 0 Å². The van der Waals surface area contributed by atoms with Gasteiger partial charge >= 0.3 is 0 Å². The Bertz CT molecular complexity index is 440. The number of hydrogen-bond donors (Lipinski definition) is 0. The minimum atomic E-state index is -1.06. The maximum atomic E-state index is 2.59. The molecule has 0 bridgehead atoms. The summed E-state index contributed by atoms with van der Waals surface area (Å²) in [4.78, 5) is 0. The van der Waals surface area contributed by atoms with E-state index in [-0.39, 0.29) is 0 Å². The summed E-state index contributed by atoms with van der Waals surface area (Å²) in [6.07, 6.45) is 0. The minimum absolute atomic E-state index is 0.557. The maximum Gasteiger partial charge on any atom is 0.0731 e. The van der Waals surface area contributed by atoms with Crippen LogP contribution in [0.1, 0.15) is 83.1 Å². The van der Waals surface area contributed by atoms with Gasteiger partial charge in [-0.15, -0.1) is 15.4 Å². The first-order valence-corrected chi connectivity index (χ1v) is 30.0. The van der Waals surface area contributed by atoms with Crippen LogP contribution in [0.15, 0.2) is 0 Å². The summed E-state index contributed by atoms with van der Waals surface area (Å²) >= 11 is 0. The van der Waals surface area contributed by atoms with Gasteiger partial charge in [-0.05, 0) is 20.2 Å². The maximum absolute atomic E-state index is 2.59. The van der Waals surface area contributed by atoms with Crippen LogP contribution < -0.4 is 0 Å². The van der Waals surface area contributed by atoms with Gasteiger partial charge in [0.15, 0.2) is 0 Å². The van der Waals surface area contributed by atoms with E-state index < -0.39 is 31.0 Å². The molecule has 6 heteroatoms. The predicted molar refractivity (Wildman–Crippen MR) is 165 cm³/mol. The zero-order valence-electron chi connectivity index (χ0n) is 25.0. The normalized spacial score (nSPS) is 15.6. The molecule has 184 valence electrons. The van der Waals surface area contributed by atoms with E-state index in [9.17, 15) is 0 Å². The summed E-state index contributed by atoms with van der Waals surface area (Å²) in [6, 6.07) is 0. The van der Waals surface area contributed by atoms with Crippen molar-refractivity contribution in [2.24, 2.45) is 0 Å². The highest BCUT2D eigenvalue weighted by Gasteiger charge is 2.46. The van der Waals surface area contributed by atoms with Crippen LogP contribution >= 0.6 is 15.4 Å². The molecule has 0 radical (unpaired) electrons. The number of hydrogen-bond acceptors (Lipinski definition) is 0. The molecule has 0 aromatic rings. The SMILES string of the molecule is CC(C)(C)[Si](C)(C)P[Si](C)(C)C(C)(C)C.CC(C)(C)[Si](C)(C)P[Si](C)(C)C(C)(C)C. The van der Waals surface area contributed by atoms with Crippen LogP contribution in [0.5, 0.6) is 0 Å². The summed E-state index contributed by atoms with van der Waals surface area (Å²) in [5.41, 5.74) is 0. The van der Waals surface area contributed by atoms with Crippen LogP contribution in [0, 0.1) is 0 Å². The lowest BCUT2D eigenvalue weighted by molar-refractivity contribution is 0.731. The second kappa shape index (κ2) is 10.1. The summed E-state index contributed by atoms with van der Waals surface area (Å²) < 4.78 is 0. The van der Waals surface area contributed by atoms with Gasteiger partial charge in [-0.1, -0.05) is 135 Å². The molecule has 0 saturated carbocycles. The molecule has 0 aliphatic carbocycles. The summed E-state index contributed by atoms with van der Waals surface area (Å²) in [5.74, 6) is 0. The highest BCUT2D eigenvalue weighted by atomic mass is 31.6. The molecule has 0 heterocycles. The van der Waals surface area contributed by atoms with Crippen molar-refractivity contribution < 1.29 is 0 Å². The lowest BCUT2D eigenvalue weighted by Gasteiger charge is -2.47. The highest BCUT2D eigenvalue weighted by molar-refractivity contribution is 8.08. The van der Waals surface area contributed by atoms with E-state index in [1.807, 2.05) is 0 Å². The molecule has 0 atom stereocenters. The van der Waals surface area contributed by atoms with Crippen LogP contribution in [-0.2, 0) is 0 Å². The highest BCUT2D eigenvalue weighted by Crippen LogP contribution is 2.58. The van der Waals surface area contributed by atoms with Gasteiger partial charge < -0.3 is 0 Å². The molecular weight excluding hydrogens is 463 g/mol. The molecule has 0 saturated heterocycles. The average Bonchev–Trinajstić information content (AvgIpc) is 2.30. The van der Waals surface area contributed by atoms with Gasteiger partial charge in [0, 0.05) is 0 Å². The largest absolute Gasteiger partial charge is 0.143 e. The Morgan fingerprint density at radius 2 is 0.400 bits per heavy atom. The van der Waals surface area contributed by atoms with E-state index in [0.29, 0.717) is 20.2 Å². The molecule has 0 aliphatic rings. The third-order valence-corrected chi connectivity index (χ3v) is 65.2. The second-order valence-electron chi connectivity index (χ2n) is 15.8. The first-order chi connectivity index (χ1) is 12.4. The molecule has 0 spiro atoms. The van der Waals surface area contributed by atoms with Crippen LogP contribution in [0.4, 0.5) is 0 Å². The average molecular weight is 525 g/mol. The standard InChI is InChI=1S/2C12H31PSi2/c2*1-11(2,3)14(7,8)13-15(9,10)12(4,5)6/h2*13H,1-10H3. The Kier molecular flexibility index (Phi) is 11.5. The molecule has 0 fully saturated rings. The first kappa shape index (κ1) is 33.9. The van der Waals surface area contributed by atoms with Crippen LogP contribution in [0.25, 0.3) is 0 Å². The summed E-state index contributed by atoms with van der Waals surface area (Å²) in [6.45, 7) is 50.0. The van der Waals surface area contributed by atoms with E-state index in [4.69, 9.17) is 0 Å². The smallest absolute Gasteiger partial charge is 0.0731 e. The van der Waals surface area contributed by atoms with E-state index in [1.54, 1.807) is 0 Å². The Labute approximate surface area is 201 Å². The van der Waals surface area contributed by atoms with Crippen molar-refractivity contribution in [3.8, 4) is 0 Å². The molecule has 0 aromatic carbocycles. The Hall–Kier alpha value is 1.73. The lowest BCUT2D eigenvalue weighted by atomic mass is 10.2. The molecule has 30 heavy (non-hydrogen) atoms. The van der Waals surface area contributed by atoms with Gasteiger partial charge in [0.2, 0.25) is 0 Å². The van der Waals surface area contributed by atoms with Gasteiger partial charge in [0.05, 0.1) is 31.0 Å². The van der Waals surface area contributed by atoms with Crippen LogP contribution in [-0.4, -0.2) is 31.0 Å². The van der Waals surface area contributed by atoms with Crippen molar-refractivity contribution in [3.05, 3.63) is 0 Å². The monoisotopic (exact) mass is 524 g/mol. The van der Waals surface area contributed by atoms with Crippen molar-refractivity contribution >= 4 is 46.3 Å². The predicted octanol–water partition coefficient (Wildman–Crippen LogP) is 11.4. The third kappa shape index (κ3) is 9.92. The van der Waals surface area contributed by atoms with Crippen LogP contribution in [0.2, 0.25) is 72.5 Å².